The van der Waals surface area contributed by atoms with Crippen molar-refractivity contribution in [3.63, 3.8) is 0 Å². The molecule has 3 rings (SSSR count). The molecule has 1 aliphatic carbocycles. The topological polar surface area (TPSA) is 107 Å². The maximum Gasteiger partial charge on any atom is 0.306 e. The van der Waals surface area contributed by atoms with Crippen LogP contribution in [-0.4, -0.2) is 50.6 Å². The number of benzene rings is 1. The lowest BCUT2D eigenvalue weighted by Crippen LogP contribution is -2.27. The van der Waals surface area contributed by atoms with E-state index in [1.807, 2.05) is 13.8 Å². The third-order valence-electron chi connectivity index (χ3n) is 6.10. The predicted molar refractivity (Wildman–Crippen MR) is 132 cm³/mol. The summed E-state index contributed by atoms with van der Waals surface area (Å²) in [5.41, 5.74) is 1.67. The molecule has 0 N–H and O–H groups in total. The van der Waals surface area contributed by atoms with Crippen LogP contribution < -0.4 is 4.31 Å². The van der Waals surface area contributed by atoms with E-state index in [1.54, 1.807) is 18.2 Å². The first-order chi connectivity index (χ1) is 16.3. The van der Waals surface area contributed by atoms with Crippen LogP contribution in [0.4, 0.5) is 10.3 Å². The Morgan fingerprint density at radius 3 is 2.31 bits per heavy atom. The van der Waals surface area contributed by atoms with Gasteiger partial charge in [0, 0.05) is 24.6 Å². The van der Waals surface area contributed by atoms with Gasteiger partial charge >= 0.3 is 5.97 Å². The number of rotatable bonds is 10. The maximum atomic E-state index is 13.6. The highest BCUT2D eigenvalue weighted by molar-refractivity contribution is 7.92. The monoisotopic (exact) mass is 503 g/mol. The van der Waals surface area contributed by atoms with Crippen LogP contribution in [0.5, 0.6) is 0 Å². The number of esters is 1. The van der Waals surface area contributed by atoms with E-state index in [4.69, 9.17) is 4.74 Å². The maximum absolute atomic E-state index is 13.6. The van der Waals surface area contributed by atoms with Gasteiger partial charge in [-0.05, 0) is 60.6 Å². The van der Waals surface area contributed by atoms with Gasteiger partial charge in [-0.2, -0.15) is 0 Å². The molecule has 0 spiro atoms. The van der Waals surface area contributed by atoms with E-state index >= 15 is 0 Å². The molecule has 0 amide bonds. The number of anilines is 1. The van der Waals surface area contributed by atoms with Crippen molar-refractivity contribution in [1.82, 2.24) is 9.97 Å². The lowest BCUT2D eigenvalue weighted by molar-refractivity contribution is -0.142. The second kappa shape index (κ2) is 10.2. The van der Waals surface area contributed by atoms with Crippen molar-refractivity contribution in [2.75, 3.05) is 24.7 Å². The first-order valence-corrected chi connectivity index (χ1v) is 13.1. The number of hydrogen-bond acceptors (Lipinski definition) is 7. The first-order valence-electron chi connectivity index (χ1n) is 11.2. The van der Waals surface area contributed by atoms with E-state index in [-0.39, 0.29) is 41.9 Å². The molecule has 188 valence electrons. The highest BCUT2D eigenvalue weighted by atomic mass is 32.2. The van der Waals surface area contributed by atoms with Crippen molar-refractivity contribution < 1.29 is 27.1 Å². The Balaban J connectivity index is 2.05. The van der Waals surface area contributed by atoms with E-state index in [0.717, 1.165) is 23.4 Å². The zero-order valence-electron chi connectivity index (χ0n) is 20.5. The molecule has 1 saturated carbocycles. The van der Waals surface area contributed by atoms with E-state index in [9.17, 15) is 22.4 Å². The van der Waals surface area contributed by atoms with Crippen LogP contribution in [0.15, 0.2) is 30.3 Å². The minimum absolute atomic E-state index is 0.0194. The van der Waals surface area contributed by atoms with E-state index in [2.05, 4.69) is 9.97 Å². The molecule has 0 saturated heterocycles. The molecule has 2 aromatic rings. The van der Waals surface area contributed by atoms with Gasteiger partial charge in [0.2, 0.25) is 16.0 Å². The number of carbonyl (C=O) groups excluding carboxylic acids is 2. The van der Waals surface area contributed by atoms with Crippen molar-refractivity contribution >= 4 is 33.8 Å². The van der Waals surface area contributed by atoms with Gasteiger partial charge in [0.15, 0.2) is 5.78 Å². The Hall–Kier alpha value is -3.14. The van der Waals surface area contributed by atoms with Crippen molar-refractivity contribution in [1.29, 1.82) is 0 Å². The molecule has 0 atom stereocenters. The van der Waals surface area contributed by atoms with E-state index < -0.39 is 15.8 Å². The van der Waals surface area contributed by atoms with E-state index in [0.29, 0.717) is 22.5 Å². The van der Waals surface area contributed by atoms with Crippen LogP contribution in [0.2, 0.25) is 0 Å². The van der Waals surface area contributed by atoms with Crippen molar-refractivity contribution in [2.24, 2.45) is 5.41 Å². The lowest BCUT2D eigenvalue weighted by Gasteiger charge is -2.20. The molecule has 1 fully saturated rings. The van der Waals surface area contributed by atoms with Crippen molar-refractivity contribution in [3.05, 3.63) is 47.4 Å². The zero-order chi connectivity index (χ0) is 26.0. The molecule has 1 heterocycles. The van der Waals surface area contributed by atoms with Crippen LogP contribution in [0.1, 0.15) is 56.7 Å². The van der Waals surface area contributed by atoms with Crippen molar-refractivity contribution in [2.45, 2.75) is 45.4 Å². The predicted octanol–water partition coefficient (Wildman–Crippen LogP) is 4.12. The van der Waals surface area contributed by atoms with Crippen LogP contribution in [0.3, 0.4) is 0 Å². The highest BCUT2D eigenvalue weighted by Gasteiger charge is 2.45. The molecule has 0 unspecified atom stereocenters. The Labute approximate surface area is 205 Å². The quantitative estimate of drug-likeness (QED) is 0.355. The number of ketones is 1. The van der Waals surface area contributed by atoms with Gasteiger partial charge in [-0.3, -0.25) is 9.59 Å². The normalized spacial score (nSPS) is 14.8. The SMILES string of the molecule is COC(=O)CC1(CC(=O)/C=C/c2c(-c3ccc(F)cc3)nc(N(C)S(C)(=O)=O)nc2C(C)C)CC1. The highest BCUT2D eigenvalue weighted by Crippen LogP contribution is 2.52. The number of sulfonamides is 1. The van der Waals surface area contributed by atoms with Gasteiger partial charge in [-0.1, -0.05) is 13.8 Å². The fourth-order valence-corrected chi connectivity index (χ4v) is 4.15. The number of halogens is 1. The largest absolute Gasteiger partial charge is 0.469 e. The minimum Gasteiger partial charge on any atom is -0.469 e. The molecule has 1 aromatic heterocycles. The molecule has 0 bridgehead atoms. The van der Waals surface area contributed by atoms with Crippen molar-refractivity contribution in [3.8, 4) is 11.3 Å². The number of ether oxygens (including phenoxy) is 1. The Kier molecular flexibility index (Phi) is 7.74. The zero-order valence-corrected chi connectivity index (χ0v) is 21.4. The molecule has 0 aliphatic heterocycles. The summed E-state index contributed by atoms with van der Waals surface area (Å²) in [4.78, 5) is 33.5. The van der Waals surface area contributed by atoms with E-state index in [1.165, 1.54) is 32.4 Å². The summed E-state index contributed by atoms with van der Waals surface area (Å²) in [6, 6.07) is 5.66. The number of nitrogens with zero attached hydrogens (tertiary/aromatic N) is 3. The van der Waals surface area contributed by atoms with Crippen LogP contribution in [-0.2, 0) is 24.3 Å². The summed E-state index contributed by atoms with van der Waals surface area (Å²) in [6.07, 6.45) is 6.11. The molecular weight excluding hydrogens is 473 g/mol. The summed E-state index contributed by atoms with van der Waals surface area (Å²) in [5.74, 6) is -1.06. The van der Waals surface area contributed by atoms with Gasteiger partial charge in [0.25, 0.3) is 0 Å². The van der Waals surface area contributed by atoms with Gasteiger partial charge in [0.05, 0.1) is 31.2 Å². The fraction of sp³-hybridized carbons (Fsp3) is 0.440. The lowest BCUT2D eigenvalue weighted by atomic mass is 9.94. The van der Waals surface area contributed by atoms with Gasteiger partial charge in [-0.25, -0.2) is 27.1 Å². The van der Waals surface area contributed by atoms with Crippen LogP contribution >= 0.6 is 0 Å². The average molecular weight is 504 g/mol. The second-order valence-electron chi connectivity index (χ2n) is 9.29. The first kappa shape index (κ1) is 26.5. The third-order valence-corrected chi connectivity index (χ3v) is 7.25. The number of carbonyl (C=O) groups is 2. The second-order valence-corrected chi connectivity index (χ2v) is 11.3. The van der Waals surface area contributed by atoms with Gasteiger partial charge < -0.3 is 4.74 Å². The smallest absolute Gasteiger partial charge is 0.306 e. The number of aromatic nitrogens is 2. The summed E-state index contributed by atoms with van der Waals surface area (Å²) >= 11 is 0. The number of methoxy groups -OCH3 is 1. The number of allylic oxidation sites excluding steroid dienone is 1. The standard InChI is InChI=1S/C25H30FN3O5S/c1-16(2)22-20(11-10-19(30)14-25(12-13-25)15-21(31)34-4)23(17-6-8-18(26)9-7-17)28-24(27-22)29(3)35(5,32)33/h6-11,16H,12-15H2,1-5H3/b11-10+. The third kappa shape index (κ3) is 6.50. The summed E-state index contributed by atoms with van der Waals surface area (Å²) in [6.45, 7) is 3.80. The number of hydrogen-bond donors (Lipinski definition) is 0. The van der Waals surface area contributed by atoms with Gasteiger partial charge in [0.1, 0.15) is 5.82 Å². The molecule has 1 aromatic carbocycles. The molecule has 0 radical (unpaired) electrons. The molecule has 8 nitrogen and oxygen atoms in total. The van der Waals surface area contributed by atoms with Gasteiger partial charge in [-0.15, -0.1) is 0 Å². The van der Waals surface area contributed by atoms with Crippen LogP contribution in [0.25, 0.3) is 17.3 Å². The Morgan fingerprint density at radius 1 is 1.17 bits per heavy atom. The molecule has 1 aliphatic rings. The summed E-state index contributed by atoms with van der Waals surface area (Å²) in [5, 5.41) is 0. The fourth-order valence-electron chi connectivity index (χ4n) is 3.77. The molecule has 35 heavy (non-hydrogen) atoms. The minimum atomic E-state index is -3.63. The molecular formula is C25H30FN3O5S. The molecule has 10 heteroatoms. The average Bonchev–Trinajstić information content (AvgIpc) is 3.54. The summed E-state index contributed by atoms with van der Waals surface area (Å²) < 4.78 is 43.6. The Bertz CT molecular complexity index is 1250. The van der Waals surface area contributed by atoms with Crippen LogP contribution in [0, 0.1) is 11.2 Å². The summed E-state index contributed by atoms with van der Waals surface area (Å²) in [7, 11) is -0.941. The Morgan fingerprint density at radius 2 is 1.80 bits per heavy atom.